The number of aryl methyl sites for hydroxylation is 1. The Labute approximate surface area is 211 Å². The van der Waals surface area contributed by atoms with E-state index >= 15 is 0 Å². The van der Waals surface area contributed by atoms with Crippen molar-refractivity contribution < 1.29 is 4.79 Å². The molecule has 0 bridgehead atoms. The second-order valence-electron chi connectivity index (χ2n) is 9.34. The Kier molecular flexibility index (Phi) is 7.00. The number of pyridine rings is 1. The first-order valence-electron chi connectivity index (χ1n) is 12.3. The van der Waals surface area contributed by atoms with Gasteiger partial charge in [-0.15, -0.1) is 0 Å². The summed E-state index contributed by atoms with van der Waals surface area (Å²) >= 11 is 0. The van der Waals surface area contributed by atoms with E-state index in [1.54, 1.807) is 18.6 Å². The Morgan fingerprint density at radius 1 is 1.06 bits per heavy atom. The molecule has 182 valence electrons. The van der Waals surface area contributed by atoms with Gasteiger partial charge in [0.1, 0.15) is 0 Å². The van der Waals surface area contributed by atoms with Gasteiger partial charge in [0.15, 0.2) is 0 Å². The number of hydrogen-bond acceptors (Lipinski definition) is 6. The largest absolute Gasteiger partial charge is 0.324 e. The third-order valence-corrected chi connectivity index (χ3v) is 6.62. The molecule has 1 saturated heterocycles. The predicted molar refractivity (Wildman–Crippen MR) is 144 cm³/mol. The van der Waals surface area contributed by atoms with Crippen molar-refractivity contribution in [2.45, 2.75) is 25.7 Å². The molecule has 2 aromatic carbocycles. The van der Waals surface area contributed by atoms with Gasteiger partial charge in [0.25, 0.3) is 5.91 Å². The molecule has 36 heavy (non-hydrogen) atoms. The number of likely N-dealkylation sites (N-methyl/N-ethyl adjacent to an activating group) is 1. The third-order valence-electron chi connectivity index (χ3n) is 6.62. The monoisotopic (exact) mass is 478 g/mol. The van der Waals surface area contributed by atoms with E-state index in [1.165, 1.54) is 18.4 Å². The number of piperidine rings is 1. The van der Waals surface area contributed by atoms with Crippen molar-refractivity contribution in [2.75, 3.05) is 30.8 Å². The molecule has 2 aromatic heterocycles. The van der Waals surface area contributed by atoms with E-state index in [2.05, 4.69) is 49.7 Å². The van der Waals surface area contributed by atoms with Gasteiger partial charge in [-0.25, -0.2) is 9.97 Å². The number of anilines is 3. The van der Waals surface area contributed by atoms with Crippen molar-refractivity contribution in [1.82, 2.24) is 19.9 Å². The average molecular weight is 479 g/mol. The predicted octanol–water partition coefficient (Wildman–Crippen LogP) is 5.65. The van der Waals surface area contributed by atoms with Crippen molar-refractivity contribution in [3.05, 3.63) is 95.9 Å². The van der Waals surface area contributed by atoms with Gasteiger partial charge in [-0.2, -0.15) is 0 Å². The minimum Gasteiger partial charge on any atom is -0.324 e. The van der Waals surface area contributed by atoms with Crippen molar-refractivity contribution in [2.24, 2.45) is 0 Å². The lowest BCUT2D eigenvalue weighted by atomic mass is 9.90. The first-order chi connectivity index (χ1) is 17.5. The van der Waals surface area contributed by atoms with E-state index in [4.69, 9.17) is 0 Å². The summed E-state index contributed by atoms with van der Waals surface area (Å²) in [5, 5.41) is 6.30. The number of aromatic nitrogens is 3. The van der Waals surface area contributed by atoms with Crippen molar-refractivity contribution in [3.8, 4) is 11.3 Å². The number of carbonyl (C=O) groups is 1. The molecule has 7 nitrogen and oxygen atoms in total. The number of hydrogen-bond donors (Lipinski definition) is 2. The summed E-state index contributed by atoms with van der Waals surface area (Å²) in [7, 11) is 2.17. The second kappa shape index (κ2) is 10.7. The molecule has 1 fully saturated rings. The highest BCUT2D eigenvalue weighted by molar-refractivity contribution is 6.04. The molecule has 1 unspecified atom stereocenters. The smallest absolute Gasteiger partial charge is 0.255 e. The number of carbonyl (C=O) groups excluding carboxylic acids is 1. The number of amides is 1. The number of benzene rings is 2. The Morgan fingerprint density at radius 2 is 1.92 bits per heavy atom. The molecule has 1 atom stereocenters. The summed E-state index contributed by atoms with van der Waals surface area (Å²) in [4.78, 5) is 28.4. The van der Waals surface area contributed by atoms with E-state index < -0.39 is 0 Å². The SMILES string of the molecule is Cc1ccc(NC(=O)c2ccc(C3CCCN(C)C3)cc2)cc1Nc1nccc(-c2cccnc2)n1. The quantitative estimate of drug-likeness (QED) is 0.373. The van der Waals surface area contributed by atoms with Crippen LogP contribution in [0.2, 0.25) is 0 Å². The lowest BCUT2D eigenvalue weighted by Gasteiger charge is -2.30. The van der Waals surface area contributed by atoms with Gasteiger partial charge in [0, 0.05) is 47.6 Å². The molecule has 3 heterocycles. The van der Waals surface area contributed by atoms with Gasteiger partial charge in [-0.1, -0.05) is 18.2 Å². The summed E-state index contributed by atoms with van der Waals surface area (Å²) in [5.74, 6) is 0.879. The van der Waals surface area contributed by atoms with Crippen molar-refractivity contribution in [3.63, 3.8) is 0 Å². The van der Waals surface area contributed by atoms with Crippen LogP contribution >= 0.6 is 0 Å². The second-order valence-corrected chi connectivity index (χ2v) is 9.34. The van der Waals surface area contributed by atoms with Gasteiger partial charge < -0.3 is 15.5 Å². The minimum absolute atomic E-state index is 0.132. The Morgan fingerprint density at radius 3 is 2.69 bits per heavy atom. The van der Waals surface area contributed by atoms with Crippen LogP contribution in [0.3, 0.4) is 0 Å². The first-order valence-corrected chi connectivity index (χ1v) is 12.3. The molecule has 0 radical (unpaired) electrons. The Hall–Kier alpha value is -4.10. The van der Waals surface area contributed by atoms with Gasteiger partial charge >= 0.3 is 0 Å². The van der Waals surface area contributed by atoms with E-state index in [0.717, 1.165) is 35.6 Å². The lowest BCUT2D eigenvalue weighted by molar-refractivity contribution is 0.102. The molecule has 5 rings (SSSR count). The number of nitrogens with zero attached hydrogens (tertiary/aromatic N) is 4. The van der Waals surface area contributed by atoms with E-state index in [-0.39, 0.29) is 5.91 Å². The van der Waals surface area contributed by atoms with Crippen LogP contribution < -0.4 is 10.6 Å². The van der Waals surface area contributed by atoms with Crippen LogP contribution in [0, 0.1) is 6.92 Å². The maximum absolute atomic E-state index is 12.9. The highest BCUT2D eigenvalue weighted by Crippen LogP contribution is 2.27. The van der Waals surface area contributed by atoms with Crippen LogP contribution in [0.4, 0.5) is 17.3 Å². The third kappa shape index (κ3) is 5.58. The summed E-state index contributed by atoms with van der Waals surface area (Å²) < 4.78 is 0. The molecule has 1 amide bonds. The summed E-state index contributed by atoms with van der Waals surface area (Å²) in [6.07, 6.45) is 7.63. The normalized spacial score (nSPS) is 15.9. The molecule has 4 aromatic rings. The Bertz CT molecular complexity index is 1340. The van der Waals surface area contributed by atoms with Gasteiger partial charge in [-0.05, 0) is 92.9 Å². The molecular weight excluding hydrogens is 448 g/mol. The maximum Gasteiger partial charge on any atom is 0.255 e. The van der Waals surface area contributed by atoms with Crippen molar-refractivity contribution >= 4 is 23.2 Å². The highest BCUT2D eigenvalue weighted by atomic mass is 16.1. The van der Waals surface area contributed by atoms with E-state index in [9.17, 15) is 4.79 Å². The fourth-order valence-electron chi connectivity index (χ4n) is 4.60. The molecular formula is C29H30N6O. The van der Waals surface area contributed by atoms with Gasteiger partial charge in [0.05, 0.1) is 5.69 Å². The number of likely N-dealkylation sites (tertiary alicyclic amines) is 1. The van der Waals surface area contributed by atoms with Crippen LogP contribution in [0.25, 0.3) is 11.3 Å². The van der Waals surface area contributed by atoms with Crippen LogP contribution in [-0.4, -0.2) is 45.9 Å². The average Bonchev–Trinajstić information content (AvgIpc) is 2.91. The first kappa shape index (κ1) is 23.6. The van der Waals surface area contributed by atoms with Gasteiger partial charge in [0.2, 0.25) is 5.95 Å². The van der Waals surface area contributed by atoms with Gasteiger partial charge in [-0.3, -0.25) is 9.78 Å². The summed E-state index contributed by atoms with van der Waals surface area (Å²) in [5.41, 5.74) is 6.19. The molecule has 0 aliphatic carbocycles. The fourth-order valence-corrected chi connectivity index (χ4v) is 4.60. The number of rotatable bonds is 6. The lowest BCUT2D eigenvalue weighted by Crippen LogP contribution is -2.30. The standard InChI is InChI=1S/C29H30N6O/c1-20-7-12-25(17-27(20)34-29-31-15-13-26(33-29)23-5-3-14-30-18-23)32-28(36)22-10-8-21(9-11-22)24-6-4-16-35(2)19-24/h3,5,7-15,17-18,24H,4,6,16,19H2,1-2H3,(H,32,36)(H,31,33,34). The van der Waals surface area contributed by atoms with Crippen LogP contribution in [0.5, 0.6) is 0 Å². The molecule has 1 aliphatic rings. The molecule has 0 spiro atoms. The molecule has 2 N–H and O–H groups in total. The van der Waals surface area contributed by atoms with Crippen molar-refractivity contribution in [1.29, 1.82) is 0 Å². The molecule has 7 heteroatoms. The zero-order chi connectivity index (χ0) is 24.9. The number of nitrogens with one attached hydrogen (secondary N) is 2. The zero-order valence-corrected chi connectivity index (χ0v) is 20.6. The minimum atomic E-state index is -0.132. The zero-order valence-electron chi connectivity index (χ0n) is 20.6. The molecule has 0 saturated carbocycles. The Balaban J connectivity index is 1.28. The van der Waals surface area contributed by atoms with E-state index in [0.29, 0.717) is 23.1 Å². The summed E-state index contributed by atoms with van der Waals surface area (Å²) in [6.45, 7) is 4.23. The highest BCUT2D eigenvalue weighted by Gasteiger charge is 2.19. The van der Waals surface area contributed by atoms with Crippen LogP contribution in [0.1, 0.15) is 40.2 Å². The van der Waals surface area contributed by atoms with Crippen LogP contribution in [0.15, 0.2) is 79.3 Å². The maximum atomic E-state index is 12.9. The fraction of sp³-hybridized carbons (Fsp3) is 0.241. The molecule has 1 aliphatic heterocycles. The topological polar surface area (TPSA) is 83.0 Å². The summed E-state index contributed by atoms with van der Waals surface area (Å²) in [6, 6.07) is 19.5. The van der Waals surface area contributed by atoms with E-state index in [1.807, 2.05) is 55.5 Å². The van der Waals surface area contributed by atoms with Crippen LogP contribution in [-0.2, 0) is 0 Å².